The molecule has 0 bridgehead atoms. The third kappa shape index (κ3) is 2.91. The lowest BCUT2D eigenvalue weighted by Gasteiger charge is -2.12. The Morgan fingerprint density at radius 1 is 1.40 bits per heavy atom. The van der Waals surface area contributed by atoms with Gasteiger partial charge >= 0.3 is 0 Å². The zero-order chi connectivity index (χ0) is 14.9. The average molecular weight is 364 g/mol. The predicted molar refractivity (Wildman–Crippen MR) is 76.0 cm³/mol. The van der Waals surface area contributed by atoms with Crippen LogP contribution in [0.25, 0.3) is 0 Å². The van der Waals surface area contributed by atoms with Crippen LogP contribution in [0.15, 0.2) is 27.5 Å². The van der Waals surface area contributed by atoms with E-state index in [1.807, 2.05) is 0 Å². The van der Waals surface area contributed by atoms with E-state index in [0.29, 0.717) is 12.2 Å². The second-order valence-corrected chi connectivity index (χ2v) is 5.34. The van der Waals surface area contributed by atoms with Gasteiger partial charge in [-0.25, -0.2) is 13.8 Å². The molecular formula is C13H10BrClF2N2O. The first-order valence-electron chi connectivity index (χ1n) is 5.82. The van der Waals surface area contributed by atoms with E-state index in [1.165, 1.54) is 10.6 Å². The minimum absolute atomic E-state index is 0.0679. The fraction of sp³-hybridized carbons (Fsp3) is 0.231. The number of hydrogen-bond acceptors (Lipinski definition) is 2. The molecule has 0 amide bonds. The molecule has 0 atom stereocenters. The van der Waals surface area contributed by atoms with E-state index in [2.05, 4.69) is 20.9 Å². The molecule has 106 valence electrons. The standard InChI is InChI=1S/C13H10BrClF2N2O/c1-2-11-18-10(15)5-12(20)19(11)6-7-9(16)4-3-8(14)13(7)17/h3-5H,2,6H2,1H3. The third-order valence-electron chi connectivity index (χ3n) is 2.83. The van der Waals surface area contributed by atoms with Crippen LogP contribution in [0, 0.1) is 11.6 Å². The van der Waals surface area contributed by atoms with Crippen LogP contribution in [-0.2, 0) is 13.0 Å². The molecule has 0 aliphatic heterocycles. The summed E-state index contributed by atoms with van der Waals surface area (Å²) in [6.45, 7) is 1.55. The maximum atomic E-state index is 13.9. The van der Waals surface area contributed by atoms with Crippen LogP contribution in [0.1, 0.15) is 18.3 Å². The molecule has 0 unspecified atom stereocenters. The van der Waals surface area contributed by atoms with Crippen molar-refractivity contribution in [1.82, 2.24) is 9.55 Å². The Kier molecular flexibility index (Phi) is 4.55. The molecule has 7 heteroatoms. The van der Waals surface area contributed by atoms with Gasteiger partial charge in [0.2, 0.25) is 0 Å². The van der Waals surface area contributed by atoms with Gasteiger partial charge in [0.15, 0.2) is 0 Å². The fourth-order valence-corrected chi connectivity index (χ4v) is 2.40. The van der Waals surface area contributed by atoms with Gasteiger partial charge in [-0.3, -0.25) is 9.36 Å². The smallest absolute Gasteiger partial charge is 0.255 e. The third-order valence-corrected chi connectivity index (χ3v) is 3.63. The first kappa shape index (κ1) is 15.1. The molecule has 0 aliphatic carbocycles. The highest BCUT2D eigenvalue weighted by molar-refractivity contribution is 9.10. The van der Waals surface area contributed by atoms with Gasteiger partial charge in [0.05, 0.1) is 11.0 Å². The van der Waals surface area contributed by atoms with Crippen LogP contribution in [0.5, 0.6) is 0 Å². The molecule has 2 aromatic rings. The normalized spacial score (nSPS) is 10.8. The van der Waals surface area contributed by atoms with Gasteiger partial charge in [-0.1, -0.05) is 18.5 Å². The molecule has 2 rings (SSSR count). The summed E-state index contributed by atoms with van der Waals surface area (Å²) in [6.07, 6.45) is 0.424. The van der Waals surface area contributed by atoms with E-state index in [1.54, 1.807) is 6.92 Å². The zero-order valence-corrected chi connectivity index (χ0v) is 12.8. The molecule has 0 aliphatic rings. The van der Waals surface area contributed by atoms with Crippen LogP contribution in [-0.4, -0.2) is 9.55 Å². The fourth-order valence-electron chi connectivity index (χ4n) is 1.83. The van der Waals surface area contributed by atoms with Crippen molar-refractivity contribution in [2.75, 3.05) is 0 Å². The summed E-state index contributed by atoms with van der Waals surface area (Å²) in [5, 5.41) is 0.0679. The van der Waals surface area contributed by atoms with E-state index < -0.39 is 17.2 Å². The quantitative estimate of drug-likeness (QED) is 0.617. The van der Waals surface area contributed by atoms with Gasteiger partial charge in [-0.15, -0.1) is 0 Å². The van der Waals surface area contributed by atoms with E-state index in [4.69, 9.17) is 11.6 Å². The van der Waals surface area contributed by atoms with E-state index >= 15 is 0 Å². The predicted octanol–water partition coefficient (Wildman–Crippen LogP) is 3.55. The molecule has 3 nitrogen and oxygen atoms in total. The number of nitrogens with zero attached hydrogens (tertiary/aromatic N) is 2. The second kappa shape index (κ2) is 6.01. The van der Waals surface area contributed by atoms with Gasteiger partial charge in [-0.05, 0) is 28.1 Å². The largest absolute Gasteiger partial charge is 0.292 e. The summed E-state index contributed by atoms with van der Waals surface area (Å²) in [5.74, 6) is -1.07. The molecule has 0 saturated carbocycles. The van der Waals surface area contributed by atoms with Crippen LogP contribution < -0.4 is 5.56 Å². The van der Waals surface area contributed by atoms with Gasteiger partial charge < -0.3 is 0 Å². The van der Waals surface area contributed by atoms with Crippen molar-refractivity contribution in [1.29, 1.82) is 0 Å². The number of rotatable bonds is 3. The second-order valence-electron chi connectivity index (χ2n) is 4.09. The molecule has 0 spiro atoms. The van der Waals surface area contributed by atoms with Crippen molar-refractivity contribution in [3.8, 4) is 0 Å². The molecule has 1 heterocycles. The van der Waals surface area contributed by atoms with Crippen molar-refractivity contribution >= 4 is 27.5 Å². The SMILES string of the molecule is CCc1nc(Cl)cc(=O)n1Cc1c(F)ccc(Br)c1F. The van der Waals surface area contributed by atoms with E-state index in [9.17, 15) is 13.6 Å². The van der Waals surface area contributed by atoms with E-state index in [-0.39, 0.29) is 21.7 Å². The van der Waals surface area contributed by atoms with Crippen molar-refractivity contribution in [3.05, 3.63) is 61.2 Å². The number of aromatic nitrogens is 2. The van der Waals surface area contributed by atoms with Gasteiger partial charge in [0.25, 0.3) is 5.56 Å². The molecule has 0 radical (unpaired) electrons. The van der Waals surface area contributed by atoms with Crippen LogP contribution in [0.4, 0.5) is 8.78 Å². The maximum absolute atomic E-state index is 13.9. The molecule has 0 N–H and O–H groups in total. The summed E-state index contributed by atoms with van der Waals surface area (Å²) in [7, 11) is 0. The number of hydrogen-bond donors (Lipinski definition) is 0. The van der Waals surface area contributed by atoms with Gasteiger partial charge in [0, 0.05) is 18.1 Å². The highest BCUT2D eigenvalue weighted by atomic mass is 79.9. The summed E-state index contributed by atoms with van der Waals surface area (Å²) in [5.41, 5.74) is -0.638. The molecule has 0 fully saturated rings. The summed E-state index contributed by atoms with van der Waals surface area (Å²) < 4.78 is 29.0. The van der Waals surface area contributed by atoms with Gasteiger partial charge in [0.1, 0.15) is 22.6 Å². The van der Waals surface area contributed by atoms with Crippen molar-refractivity contribution < 1.29 is 8.78 Å². The highest BCUT2D eigenvalue weighted by Gasteiger charge is 2.15. The summed E-state index contributed by atoms with van der Waals surface area (Å²) in [6, 6.07) is 3.54. The molecule has 1 aromatic carbocycles. The summed E-state index contributed by atoms with van der Waals surface area (Å²) >= 11 is 8.71. The lowest BCUT2D eigenvalue weighted by atomic mass is 10.2. The molecular weight excluding hydrogens is 354 g/mol. The van der Waals surface area contributed by atoms with Crippen LogP contribution in [0.3, 0.4) is 0 Å². The Morgan fingerprint density at radius 3 is 2.75 bits per heavy atom. The van der Waals surface area contributed by atoms with Crippen molar-refractivity contribution in [3.63, 3.8) is 0 Å². The Morgan fingerprint density at radius 2 is 2.10 bits per heavy atom. The lowest BCUT2D eigenvalue weighted by molar-refractivity contribution is 0.530. The topological polar surface area (TPSA) is 34.9 Å². The van der Waals surface area contributed by atoms with E-state index in [0.717, 1.165) is 12.1 Å². The minimum atomic E-state index is -0.728. The van der Waals surface area contributed by atoms with Gasteiger partial charge in [-0.2, -0.15) is 0 Å². The maximum Gasteiger partial charge on any atom is 0.255 e. The zero-order valence-electron chi connectivity index (χ0n) is 10.5. The number of halogens is 4. The number of aryl methyl sites for hydroxylation is 1. The lowest BCUT2D eigenvalue weighted by Crippen LogP contribution is -2.25. The molecule has 20 heavy (non-hydrogen) atoms. The first-order chi connectivity index (χ1) is 9.43. The molecule has 0 saturated heterocycles. The summed E-state index contributed by atoms with van der Waals surface area (Å²) in [4.78, 5) is 15.9. The molecule has 1 aromatic heterocycles. The Balaban J connectivity index is 2.56. The van der Waals surface area contributed by atoms with Crippen molar-refractivity contribution in [2.24, 2.45) is 0 Å². The Hall–Kier alpha value is -1.27. The Labute approximate surface area is 127 Å². The minimum Gasteiger partial charge on any atom is -0.292 e. The monoisotopic (exact) mass is 362 g/mol. The Bertz CT molecular complexity index is 718. The van der Waals surface area contributed by atoms with Crippen LogP contribution >= 0.6 is 27.5 Å². The average Bonchev–Trinajstić information content (AvgIpc) is 2.40. The first-order valence-corrected chi connectivity index (χ1v) is 6.99. The van der Waals surface area contributed by atoms with Crippen molar-refractivity contribution in [2.45, 2.75) is 19.9 Å². The highest BCUT2D eigenvalue weighted by Crippen LogP contribution is 2.22. The van der Waals surface area contributed by atoms with Crippen LogP contribution in [0.2, 0.25) is 5.15 Å². The number of benzene rings is 1.